The average Bonchev–Trinajstić information content (AvgIpc) is 2.16. The first-order valence-corrected chi connectivity index (χ1v) is 4.95. The number of benzene rings is 1. The highest BCUT2D eigenvalue weighted by molar-refractivity contribution is 5.79. The van der Waals surface area contributed by atoms with E-state index in [1.54, 1.807) is 0 Å². The number of carbonyl (C=O) groups is 1. The maximum Gasteiger partial charge on any atom is 0.165 e. The molecule has 0 bridgehead atoms. The summed E-state index contributed by atoms with van der Waals surface area (Å²) in [7, 11) is 1.32. The Balaban J connectivity index is 3.24. The summed E-state index contributed by atoms with van der Waals surface area (Å²) in [5.41, 5.74) is 0.601. The Labute approximate surface area is 93.2 Å². The average molecular weight is 228 g/mol. The number of Topliss-reactive ketones (excluding diaryl/α,β-unsaturated/α-hetero) is 1. The second kappa shape index (κ2) is 5.05. The molecule has 0 fully saturated rings. The zero-order valence-electron chi connectivity index (χ0n) is 9.51. The summed E-state index contributed by atoms with van der Waals surface area (Å²) in [6.07, 6.45) is -1.23. The van der Waals surface area contributed by atoms with Crippen molar-refractivity contribution in [1.82, 2.24) is 0 Å². The molecule has 0 saturated carbocycles. The van der Waals surface area contributed by atoms with Crippen LogP contribution in [0.2, 0.25) is 0 Å². The Hall–Kier alpha value is -1.45. The van der Waals surface area contributed by atoms with Crippen LogP contribution in [0.25, 0.3) is 0 Å². The van der Waals surface area contributed by atoms with Gasteiger partial charge in [0.15, 0.2) is 11.6 Å². The predicted octanol–water partition coefficient (Wildman–Crippen LogP) is 3.00. The number of hydrogen-bond acceptors (Lipinski definition) is 2. The predicted molar refractivity (Wildman–Crippen MR) is 56.9 cm³/mol. The number of alkyl halides is 1. The van der Waals surface area contributed by atoms with E-state index in [1.165, 1.54) is 27.0 Å². The molecular formula is C12H14F2O2. The Morgan fingerprint density at radius 1 is 1.50 bits per heavy atom. The van der Waals surface area contributed by atoms with E-state index in [1.807, 2.05) is 0 Å². The number of hydrogen-bond donors (Lipinski definition) is 0. The van der Waals surface area contributed by atoms with Gasteiger partial charge in [-0.15, -0.1) is 0 Å². The van der Waals surface area contributed by atoms with Crippen LogP contribution in [0.1, 0.15) is 31.1 Å². The fourth-order valence-corrected chi connectivity index (χ4v) is 1.53. The van der Waals surface area contributed by atoms with E-state index in [9.17, 15) is 13.6 Å². The van der Waals surface area contributed by atoms with Crippen molar-refractivity contribution < 1.29 is 18.3 Å². The molecule has 0 aromatic heterocycles. The van der Waals surface area contributed by atoms with Gasteiger partial charge in [0.2, 0.25) is 0 Å². The molecule has 1 aromatic rings. The van der Waals surface area contributed by atoms with Gasteiger partial charge in [-0.05, 0) is 31.5 Å². The SMILES string of the molecule is COc1c(F)cc(C(C)F)cc1CC(C)=O. The van der Waals surface area contributed by atoms with Gasteiger partial charge >= 0.3 is 0 Å². The summed E-state index contributed by atoms with van der Waals surface area (Å²) in [6.45, 7) is 2.71. The minimum Gasteiger partial charge on any atom is -0.493 e. The smallest absolute Gasteiger partial charge is 0.165 e. The zero-order chi connectivity index (χ0) is 12.3. The summed E-state index contributed by atoms with van der Waals surface area (Å²) in [6, 6.07) is 2.56. The van der Waals surface area contributed by atoms with Crippen molar-refractivity contribution in [3.05, 3.63) is 29.1 Å². The van der Waals surface area contributed by atoms with Crippen LogP contribution in [0.15, 0.2) is 12.1 Å². The highest BCUT2D eigenvalue weighted by Gasteiger charge is 2.15. The number of carbonyl (C=O) groups excluding carboxylic acids is 1. The van der Waals surface area contributed by atoms with E-state index in [-0.39, 0.29) is 23.5 Å². The maximum atomic E-state index is 13.5. The molecule has 0 saturated heterocycles. The van der Waals surface area contributed by atoms with E-state index >= 15 is 0 Å². The van der Waals surface area contributed by atoms with Crippen molar-refractivity contribution in [2.75, 3.05) is 7.11 Å². The van der Waals surface area contributed by atoms with Gasteiger partial charge in [-0.1, -0.05) is 0 Å². The number of rotatable bonds is 4. The van der Waals surface area contributed by atoms with Gasteiger partial charge in [0, 0.05) is 12.0 Å². The lowest BCUT2D eigenvalue weighted by molar-refractivity contribution is -0.116. The van der Waals surface area contributed by atoms with Gasteiger partial charge in [0.05, 0.1) is 7.11 Å². The first kappa shape index (κ1) is 12.6. The summed E-state index contributed by atoms with van der Waals surface area (Å²) in [4.78, 5) is 11.0. The Morgan fingerprint density at radius 3 is 2.56 bits per heavy atom. The van der Waals surface area contributed by atoms with Crippen molar-refractivity contribution in [2.45, 2.75) is 26.4 Å². The molecule has 4 heteroatoms. The van der Waals surface area contributed by atoms with E-state index in [0.717, 1.165) is 6.07 Å². The van der Waals surface area contributed by atoms with Crippen LogP contribution in [0.5, 0.6) is 5.75 Å². The van der Waals surface area contributed by atoms with Crippen LogP contribution in [-0.2, 0) is 11.2 Å². The first-order chi connectivity index (χ1) is 7.45. The quantitative estimate of drug-likeness (QED) is 0.791. The van der Waals surface area contributed by atoms with Gasteiger partial charge in [-0.3, -0.25) is 4.79 Å². The van der Waals surface area contributed by atoms with Crippen molar-refractivity contribution in [2.24, 2.45) is 0 Å². The van der Waals surface area contributed by atoms with Crippen LogP contribution >= 0.6 is 0 Å². The fraction of sp³-hybridized carbons (Fsp3) is 0.417. The maximum absolute atomic E-state index is 13.5. The van der Waals surface area contributed by atoms with Crippen LogP contribution in [0.3, 0.4) is 0 Å². The van der Waals surface area contributed by atoms with E-state index in [4.69, 9.17) is 4.74 Å². The normalized spacial score (nSPS) is 12.3. The van der Waals surface area contributed by atoms with Crippen molar-refractivity contribution in [3.8, 4) is 5.75 Å². The molecule has 0 aliphatic carbocycles. The van der Waals surface area contributed by atoms with Gasteiger partial charge in [0.1, 0.15) is 12.0 Å². The summed E-state index contributed by atoms with van der Waals surface area (Å²) < 4.78 is 31.5. The molecule has 0 heterocycles. The van der Waals surface area contributed by atoms with Crippen molar-refractivity contribution in [3.63, 3.8) is 0 Å². The molecule has 1 atom stereocenters. The zero-order valence-corrected chi connectivity index (χ0v) is 9.51. The van der Waals surface area contributed by atoms with Gasteiger partial charge in [-0.25, -0.2) is 8.78 Å². The molecule has 88 valence electrons. The third-order valence-electron chi connectivity index (χ3n) is 2.25. The summed E-state index contributed by atoms with van der Waals surface area (Å²) >= 11 is 0. The topological polar surface area (TPSA) is 26.3 Å². The lowest BCUT2D eigenvalue weighted by Crippen LogP contribution is -2.03. The first-order valence-electron chi connectivity index (χ1n) is 4.95. The monoisotopic (exact) mass is 228 g/mol. The highest BCUT2D eigenvalue weighted by Crippen LogP contribution is 2.28. The largest absolute Gasteiger partial charge is 0.493 e. The molecule has 0 aliphatic heterocycles. The van der Waals surface area contributed by atoms with Crippen LogP contribution < -0.4 is 4.74 Å². The number of halogens is 2. The van der Waals surface area contributed by atoms with E-state index < -0.39 is 12.0 Å². The second-order valence-electron chi connectivity index (χ2n) is 3.69. The Kier molecular flexibility index (Phi) is 3.99. The molecule has 1 aromatic carbocycles. The highest BCUT2D eigenvalue weighted by atomic mass is 19.1. The molecule has 16 heavy (non-hydrogen) atoms. The minimum atomic E-state index is -1.27. The lowest BCUT2D eigenvalue weighted by Gasteiger charge is -2.11. The number of methoxy groups -OCH3 is 1. The molecule has 1 rings (SSSR count). The fourth-order valence-electron chi connectivity index (χ4n) is 1.53. The standard InChI is InChI=1S/C12H14F2O2/c1-7(15)4-10-5-9(8(2)13)6-11(14)12(10)16-3/h5-6,8H,4H2,1-3H3. The Morgan fingerprint density at radius 2 is 2.12 bits per heavy atom. The summed E-state index contributed by atoms with van der Waals surface area (Å²) in [5.74, 6) is -0.748. The van der Waals surface area contributed by atoms with Crippen molar-refractivity contribution in [1.29, 1.82) is 0 Å². The second-order valence-corrected chi connectivity index (χ2v) is 3.69. The van der Waals surface area contributed by atoms with Crippen LogP contribution in [0, 0.1) is 5.82 Å². The van der Waals surface area contributed by atoms with E-state index in [2.05, 4.69) is 0 Å². The van der Waals surface area contributed by atoms with Crippen molar-refractivity contribution >= 4 is 5.78 Å². The molecule has 0 spiro atoms. The molecule has 0 aliphatic rings. The Bertz CT molecular complexity index is 400. The molecular weight excluding hydrogens is 214 g/mol. The number of ketones is 1. The van der Waals surface area contributed by atoms with Gasteiger partial charge in [0.25, 0.3) is 0 Å². The van der Waals surface area contributed by atoms with Gasteiger partial charge in [-0.2, -0.15) is 0 Å². The molecule has 0 amide bonds. The van der Waals surface area contributed by atoms with Crippen LogP contribution in [0.4, 0.5) is 8.78 Å². The third kappa shape index (κ3) is 2.78. The van der Waals surface area contributed by atoms with Crippen LogP contribution in [-0.4, -0.2) is 12.9 Å². The van der Waals surface area contributed by atoms with E-state index in [0.29, 0.717) is 5.56 Å². The number of ether oxygens (including phenoxy) is 1. The lowest BCUT2D eigenvalue weighted by atomic mass is 10.0. The third-order valence-corrected chi connectivity index (χ3v) is 2.25. The molecule has 2 nitrogen and oxygen atoms in total. The molecule has 1 unspecified atom stereocenters. The minimum absolute atomic E-state index is 0.0135. The van der Waals surface area contributed by atoms with Gasteiger partial charge < -0.3 is 4.74 Å². The molecule has 0 radical (unpaired) electrons. The molecule has 0 N–H and O–H groups in total. The summed E-state index contributed by atoms with van der Waals surface area (Å²) in [5, 5.41) is 0.